The van der Waals surface area contributed by atoms with Crippen LogP contribution in [0.3, 0.4) is 0 Å². The van der Waals surface area contributed by atoms with Gasteiger partial charge in [0.2, 0.25) is 10.0 Å². The number of halogens is 1. The van der Waals surface area contributed by atoms with Crippen LogP contribution in [0.15, 0.2) is 12.1 Å². The highest BCUT2D eigenvalue weighted by atomic mass is 35.5. The molecule has 7 heteroatoms. The van der Waals surface area contributed by atoms with Crippen molar-refractivity contribution < 1.29 is 13.2 Å². The number of hydrogen-bond acceptors (Lipinski definition) is 4. The molecule has 1 saturated heterocycles. The number of ketones is 1. The molecule has 2 heterocycles. The van der Waals surface area contributed by atoms with Crippen LogP contribution < -0.4 is 0 Å². The summed E-state index contributed by atoms with van der Waals surface area (Å²) in [7, 11) is -3.15. The molecular weight excluding hydrogens is 306 g/mol. The standard InChI is InChI=1S/C12H16ClNO3S2/c1-19(16,17)14-6-2-3-9(8-14)7-10(15)11-4-5-12(13)18-11/h4-5,9H,2-3,6-8H2,1H3. The second kappa shape index (κ2) is 5.91. The fourth-order valence-corrected chi connectivity index (χ4v) is 4.26. The van der Waals surface area contributed by atoms with Gasteiger partial charge in [0.15, 0.2) is 5.78 Å². The molecule has 0 spiro atoms. The smallest absolute Gasteiger partial charge is 0.211 e. The Morgan fingerprint density at radius 2 is 2.26 bits per heavy atom. The van der Waals surface area contributed by atoms with Gasteiger partial charge < -0.3 is 0 Å². The van der Waals surface area contributed by atoms with Crippen LogP contribution in [0.2, 0.25) is 4.34 Å². The molecule has 0 bridgehead atoms. The highest BCUT2D eigenvalue weighted by Gasteiger charge is 2.27. The lowest BCUT2D eigenvalue weighted by Crippen LogP contribution is -2.39. The molecule has 0 saturated carbocycles. The summed E-state index contributed by atoms with van der Waals surface area (Å²) >= 11 is 7.08. The second-order valence-electron chi connectivity index (χ2n) is 4.86. The first-order valence-electron chi connectivity index (χ1n) is 6.10. The first-order chi connectivity index (χ1) is 8.86. The molecule has 0 aromatic carbocycles. The summed E-state index contributed by atoms with van der Waals surface area (Å²) in [5.74, 6) is 0.161. The van der Waals surface area contributed by atoms with Gasteiger partial charge in [-0.3, -0.25) is 4.79 Å². The lowest BCUT2D eigenvalue weighted by atomic mass is 9.94. The molecule has 106 valence electrons. The van der Waals surface area contributed by atoms with Crippen LogP contribution in [0.4, 0.5) is 0 Å². The van der Waals surface area contributed by atoms with Crippen molar-refractivity contribution in [3.05, 3.63) is 21.3 Å². The normalized spacial score (nSPS) is 21.5. The molecule has 2 rings (SSSR count). The van der Waals surface area contributed by atoms with Crippen LogP contribution in [0.5, 0.6) is 0 Å². The minimum absolute atomic E-state index is 0.0530. The van der Waals surface area contributed by atoms with Gasteiger partial charge in [0.05, 0.1) is 15.5 Å². The Hall–Kier alpha value is -0.430. The van der Waals surface area contributed by atoms with Gasteiger partial charge in [0.25, 0.3) is 0 Å². The Morgan fingerprint density at radius 3 is 2.84 bits per heavy atom. The van der Waals surface area contributed by atoms with Gasteiger partial charge in [-0.1, -0.05) is 11.6 Å². The van der Waals surface area contributed by atoms with E-state index in [1.165, 1.54) is 21.9 Å². The molecule has 0 radical (unpaired) electrons. The van der Waals surface area contributed by atoms with E-state index in [1.54, 1.807) is 12.1 Å². The first kappa shape index (κ1) is 15.0. The average Bonchev–Trinajstić information content (AvgIpc) is 2.75. The molecule has 0 N–H and O–H groups in total. The van der Waals surface area contributed by atoms with Gasteiger partial charge in [-0.05, 0) is 30.9 Å². The summed E-state index contributed by atoms with van der Waals surface area (Å²) < 4.78 is 25.1. The largest absolute Gasteiger partial charge is 0.293 e. The van der Waals surface area contributed by atoms with Crippen molar-refractivity contribution in [3.8, 4) is 0 Å². The molecule has 1 aliphatic heterocycles. The van der Waals surface area contributed by atoms with Crippen molar-refractivity contribution >= 4 is 38.7 Å². The summed E-state index contributed by atoms with van der Waals surface area (Å²) in [6.07, 6.45) is 3.33. The SMILES string of the molecule is CS(=O)(=O)N1CCCC(CC(=O)c2ccc(Cl)s2)C1. The zero-order valence-electron chi connectivity index (χ0n) is 10.6. The van der Waals surface area contributed by atoms with E-state index in [4.69, 9.17) is 11.6 Å². The monoisotopic (exact) mass is 321 g/mol. The summed E-state index contributed by atoms with van der Waals surface area (Å²) in [5.41, 5.74) is 0. The lowest BCUT2D eigenvalue weighted by Gasteiger charge is -2.30. The summed E-state index contributed by atoms with van der Waals surface area (Å²) in [4.78, 5) is 12.7. The van der Waals surface area contributed by atoms with E-state index in [0.29, 0.717) is 28.7 Å². The lowest BCUT2D eigenvalue weighted by molar-refractivity contribution is 0.0946. The van der Waals surface area contributed by atoms with E-state index < -0.39 is 10.0 Å². The minimum Gasteiger partial charge on any atom is -0.293 e. The highest BCUT2D eigenvalue weighted by molar-refractivity contribution is 7.88. The third-order valence-electron chi connectivity index (χ3n) is 3.27. The van der Waals surface area contributed by atoms with Crippen molar-refractivity contribution in [2.45, 2.75) is 19.3 Å². The number of carbonyl (C=O) groups excluding carboxylic acids is 1. The van der Waals surface area contributed by atoms with Gasteiger partial charge in [-0.15, -0.1) is 11.3 Å². The quantitative estimate of drug-likeness (QED) is 0.801. The molecule has 1 unspecified atom stereocenters. The van der Waals surface area contributed by atoms with E-state index in [2.05, 4.69) is 0 Å². The van der Waals surface area contributed by atoms with E-state index in [0.717, 1.165) is 12.8 Å². The topological polar surface area (TPSA) is 54.5 Å². The maximum absolute atomic E-state index is 12.1. The van der Waals surface area contributed by atoms with Gasteiger partial charge in [0.1, 0.15) is 0 Å². The van der Waals surface area contributed by atoms with Crippen molar-refractivity contribution in [2.24, 2.45) is 5.92 Å². The molecular formula is C12H16ClNO3S2. The number of rotatable bonds is 4. The van der Waals surface area contributed by atoms with Crippen LogP contribution in [0, 0.1) is 5.92 Å². The van der Waals surface area contributed by atoms with Crippen LogP contribution in [0.1, 0.15) is 28.9 Å². The molecule has 0 aliphatic carbocycles. The third-order valence-corrected chi connectivity index (χ3v) is 5.81. The summed E-state index contributed by atoms with van der Waals surface area (Å²) in [6, 6.07) is 3.44. The Morgan fingerprint density at radius 1 is 1.53 bits per heavy atom. The Kier molecular flexibility index (Phi) is 4.66. The van der Waals surface area contributed by atoms with Crippen molar-refractivity contribution in [1.82, 2.24) is 4.31 Å². The van der Waals surface area contributed by atoms with E-state index in [1.807, 2.05) is 0 Å². The van der Waals surface area contributed by atoms with Crippen LogP contribution in [-0.2, 0) is 10.0 Å². The minimum atomic E-state index is -3.15. The number of sulfonamides is 1. The van der Waals surface area contributed by atoms with E-state index in [9.17, 15) is 13.2 Å². The molecule has 0 amide bonds. The molecule has 19 heavy (non-hydrogen) atoms. The maximum atomic E-state index is 12.1. The second-order valence-corrected chi connectivity index (χ2v) is 8.56. The fourth-order valence-electron chi connectivity index (χ4n) is 2.32. The first-order valence-corrected chi connectivity index (χ1v) is 9.14. The van der Waals surface area contributed by atoms with Crippen molar-refractivity contribution in [3.63, 3.8) is 0 Å². The third kappa shape index (κ3) is 4.02. The molecule has 1 aromatic heterocycles. The molecule has 1 atom stereocenters. The zero-order valence-corrected chi connectivity index (χ0v) is 13.0. The van der Waals surface area contributed by atoms with E-state index in [-0.39, 0.29) is 11.7 Å². The van der Waals surface area contributed by atoms with E-state index >= 15 is 0 Å². The number of hydrogen-bond donors (Lipinski definition) is 0. The van der Waals surface area contributed by atoms with Crippen LogP contribution in [0.25, 0.3) is 0 Å². The Labute approximate surface area is 122 Å². The molecule has 1 aliphatic rings. The number of nitrogens with zero attached hydrogens (tertiary/aromatic N) is 1. The molecule has 1 fully saturated rings. The Bertz CT molecular complexity index is 567. The number of piperidine rings is 1. The van der Waals surface area contributed by atoms with Crippen molar-refractivity contribution in [2.75, 3.05) is 19.3 Å². The number of carbonyl (C=O) groups is 1. The fraction of sp³-hybridized carbons (Fsp3) is 0.583. The summed E-state index contributed by atoms with van der Waals surface area (Å²) in [5, 5.41) is 0. The molecule has 1 aromatic rings. The Balaban J connectivity index is 1.98. The van der Waals surface area contributed by atoms with Gasteiger partial charge in [0, 0.05) is 19.5 Å². The highest BCUT2D eigenvalue weighted by Crippen LogP contribution is 2.27. The van der Waals surface area contributed by atoms with Crippen LogP contribution in [-0.4, -0.2) is 37.9 Å². The maximum Gasteiger partial charge on any atom is 0.211 e. The number of thiophene rings is 1. The predicted octanol–water partition coefficient (Wildman–Crippen LogP) is 2.65. The summed E-state index contributed by atoms with van der Waals surface area (Å²) in [6.45, 7) is 1.01. The van der Waals surface area contributed by atoms with Crippen molar-refractivity contribution in [1.29, 1.82) is 0 Å². The van der Waals surface area contributed by atoms with Gasteiger partial charge in [-0.25, -0.2) is 12.7 Å². The van der Waals surface area contributed by atoms with Gasteiger partial charge >= 0.3 is 0 Å². The average molecular weight is 322 g/mol. The predicted molar refractivity (Wildman–Crippen MR) is 77.4 cm³/mol. The number of Topliss-reactive ketones (excluding diaryl/α,β-unsaturated/α-hetero) is 1. The van der Waals surface area contributed by atoms with Crippen LogP contribution >= 0.6 is 22.9 Å². The zero-order chi connectivity index (χ0) is 14.0. The van der Waals surface area contributed by atoms with Gasteiger partial charge in [-0.2, -0.15) is 0 Å². The molecule has 4 nitrogen and oxygen atoms in total.